The quantitative estimate of drug-likeness (QED) is 0.794. The molecular weight excluding hydrogens is 243 g/mol. The third kappa shape index (κ3) is 5.15. The number of benzene rings is 1. The second-order valence-corrected chi connectivity index (χ2v) is 3.59. The Balaban J connectivity index is 0.00000256. The van der Waals surface area contributed by atoms with Crippen LogP contribution in [0.15, 0.2) is 18.2 Å². The molecule has 0 spiro atoms. The van der Waals surface area contributed by atoms with E-state index in [1.54, 1.807) is 12.1 Å². The predicted molar refractivity (Wildman–Crippen MR) is 69.3 cm³/mol. The van der Waals surface area contributed by atoms with Crippen LogP contribution in [0, 0.1) is 12.7 Å². The number of amides is 1. The number of rotatable bonds is 5. The number of halogens is 2. The minimum atomic E-state index is -0.480. The number of carbonyl (C=O) groups excluding carboxylic acids is 1. The first-order valence-corrected chi connectivity index (χ1v) is 5.40. The van der Waals surface area contributed by atoms with Gasteiger partial charge in [0, 0.05) is 13.1 Å². The second kappa shape index (κ2) is 8.03. The van der Waals surface area contributed by atoms with E-state index in [9.17, 15) is 9.18 Å². The first kappa shape index (κ1) is 15.9. The smallest absolute Gasteiger partial charge is 0.254 e. The van der Waals surface area contributed by atoms with Gasteiger partial charge in [0.25, 0.3) is 5.91 Å². The van der Waals surface area contributed by atoms with Gasteiger partial charge < -0.3 is 10.6 Å². The van der Waals surface area contributed by atoms with E-state index >= 15 is 0 Å². The molecule has 0 atom stereocenters. The molecule has 0 aliphatic heterocycles. The fraction of sp³-hybridized carbons (Fsp3) is 0.417. The minimum Gasteiger partial charge on any atom is -0.351 e. The van der Waals surface area contributed by atoms with Crippen LogP contribution in [0.4, 0.5) is 4.39 Å². The molecule has 0 unspecified atom stereocenters. The van der Waals surface area contributed by atoms with Gasteiger partial charge in [-0.3, -0.25) is 4.79 Å². The molecule has 0 bridgehead atoms. The molecule has 0 aliphatic rings. The van der Waals surface area contributed by atoms with Crippen LogP contribution in [-0.4, -0.2) is 25.5 Å². The van der Waals surface area contributed by atoms with E-state index in [1.165, 1.54) is 6.07 Å². The van der Waals surface area contributed by atoms with Crippen LogP contribution >= 0.6 is 12.4 Å². The Morgan fingerprint density at radius 3 is 2.71 bits per heavy atom. The van der Waals surface area contributed by atoms with Crippen molar-refractivity contribution < 1.29 is 9.18 Å². The minimum absolute atomic E-state index is 0. The van der Waals surface area contributed by atoms with Crippen molar-refractivity contribution in [1.29, 1.82) is 0 Å². The van der Waals surface area contributed by atoms with Gasteiger partial charge in [0.2, 0.25) is 0 Å². The molecule has 0 heterocycles. The molecule has 2 N–H and O–H groups in total. The normalized spacial score (nSPS) is 9.59. The summed E-state index contributed by atoms with van der Waals surface area (Å²) in [6.45, 7) is 5.86. The lowest BCUT2D eigenvalue weighted by atomic mass is 10.1. The lowest BCUT2D eigenvalue weighted by Crippen LogP contribution is -2.32. The van der Waals surface area contributed by atoms with E-state index in [0.717, 1.165) is 12.1 Å². The maximum absolute atomic E-state index is 13.3. The van der Waals surface area contributed by atoms with Crippen molar-refractivity contribution in [3.63, 3.8) is 0 Å². The van der Waals surface area contributed by atoms with Gasteiger partial charge in [0.15, 0.2) is 0 Å². The molecule has 0 radical (unpaired) electrons. The Hall–Kier alpha value is -1.13. The summed E-state index contributed by atoms with van der Waals surface area (Å²) in [5.41, 5.74) is 0.981. The SMILES string of the molecule is CCNCCNC(=O)c1cc(C)ccc1F.Cl. The van der Waals surface area contributed by atoms with Crippen molar-refractivity contribution in [1.82, 2.24) is 10.6 Å². The number of hydrogen-bond acceptors (Lipinski definition) is 2. The van der Waals surface area contributed by atoms with Crippen molar-refractivity contribution in [3.8, 4) is 0 Å². The fourth-order valence-electron chi connectivity index (χ4n) is 1.35. The number of likely N-dealkylation sites (N-methyl/N-ethyl adjacent to an activating group) is 1. The third-order valence-corrected chi connectivity index (χ3v) is 2.20. The van der Waals surface area contributed by atoms with Crippen molar-refractivity contribution in [2.24, 2.45) is 0 Å². The molecule has 0 saturated heterocycles. The summed E-state index contributed by atoms with van der Waals surface area (Å²) in [5, 5.41) is 5.73. The lowest BCUT2D eigenvalue weighted by Gasteiger charge is -2.07. The zero-order chi connectivity index (χ0) is 12.0. The molecule has 0 aliphatic carbocycles. The maximum atomic E-state index is 13.3. The summed E-state index contributed by atoms with van der Waals surface area (Å²) in [5.74, 6) is -0.842. The van der Waals surface area contributed by atoms with Gasteiger partial charge in [-0.2, -0.15) is 0 Å². The molecule has 96 valence electrons. The largest absolute Gasteiger partial charge is 0.351 e. The Labute approximate surface area is 107 Å². The number of nitrogens with one attached hydrogen (secondary N) is 2. The van der Waals surface area contributed by atoms with Crippen molar-refractivity contribution in [2.45, 2.75) is 13.8 Å². The Morgan fingerprint density at radius 2 is 2.06 bits per heavy atom. The first-order chi connectivity index (χ1) is 7.65. The van der Waals surface area contributed by atoms with Crippen molar-refractivity contribution in [2.75, 3.05) is 19.6 Å². The highest BCUT2D eigenvalue weighted by Gasteiger charge is 2.10. The first-order valence-electron chi connectivity index (χ1n) is 5.40. The Morgan fingerprint density at radius 1 is 1.35 bits per heavy atom. The van der Waals surface area contributed by atoms with Crippen LogP contribution in [0.1, 0.15) is 22.8 Å². The monoisotopic (exact) mass is 260 g/mol. The molecule has 17 heavy (non-hydrogen) atoms. The van der Waals surface area contributed by atoms with Crippen LogP contribution in [0.3, 0.4) is 0 Å². The molecule has 1 aromatic carbocycles. The molecule has 5 heteroatoms. The van der Waals surface area contributed by atoms with E-state index in [-0.39, 0.29) is 23.9 Å². The van der Waals surface area contributed by atoms with Crippen LogP contribution in [0.25, 0.3) is 0 Å². The van der Waals surface area contributed by atoms with Gasteiger partial charge in [-0.05, 0) is 25.6 Å². The van der Waals surface area contributed by atoms with Crippen LogP contribution in [0.5, 0.6) is 0 Å². The van der Waals surface area contributed by atoms with E-state index in [1.807, 2.05) is 13.8 Å². The highest BCUT2D eigenvalue weighted by Crippen LogP contribution is 2.09. The molecule has 1 rings (SSSR count). The number of aryl methyl sites for hydroxylation is 1. The van der Waals surface area contributed by atoms with Crippen molar-refractivity contribution in [3.05, 3.63) is 35.1 Å². The van der Waals surface area contributed by atoms with E-state index in [2.05, 4.69) is 10.6 Å². The van der Waals surface area contributed by atoms with E-state index < -0.39 is 5.82 Å². The summed E-state index contributed by atoms with van der Waals surface area (Å²) < 4.78 is 13.3. The average molecular weight is 261 g/mol. The number of hydrogen-bond donors (Lipinski definition) is 2. The van der Waals surface area contributed by atoms with Gasteiger partial charge in [-0.15, -0.1) is 12.4 Å². The molecular formula is C12H18ClFN2O. The summed E-state index contributed by atoms with van der Waals surface area (Å²) in [7, 11) is 0. The summed E-state index contributed by atoms with van der Waals surface area (Å²) in [4.78, 5) is 11.6. The highest BCUT2D eigenvalue weighted by atomic mass is 35.5. The average Bonchev–Trinajstić information content (AvgIpc) is 2.27. The Bertz CT molecular complexity index is 372. The molecule has 0 saturated carbocycles. The van der Waals surface area contributed by atoms with Gasteiger partial charge in [0.1, 0.15) is 5.82 Å². The second-order valence-electron chi connectivity index (χ2n) is 3.59. The molecule has 1 aromatic rings. The fourth-order valence-corrected chi connectivity index (χ4v) is 1.35. The zero-order valence-electron chi connectivity index (χ0n) is 10.0. The molecule has 0 aromatic heterocycles. The van der Waals surface area contributed by atoms with Gasteiger partial charge in [-0.1, -0.05) is 18.6 Å². The van der Waals surface area contributed by atoms with Crippen LogP contribution < -0.4 is 10.6 Å². The molecule has 0 fully saturated rings. The third-order valence-electron chi connectivity index (χ3n) is 2.20. The van der Waals surface area contributed by atoms with Crippen LogP contribution in [-0.2, 0) is 0 Å². The predicted octanol–water partition coefficient (Wildman–Crippen LogP) is 1.90. The lowest BCUT2D eigenvalue weighted by molar-refractivity contribution is 0.0950. The Kier molecular flexibility index (Phi) is 7.50. The van der Waals surface area contributed by atoms with E-state index in [4.69, 9.17) is 0 Å². The standard InChI is InChI=1S/C12H17FN2O.ClH/c1-3-14-6-7-15-12(16)10-8-9(2)4-5-11(10)13;/h4-5,8,14H,3,6-7H2,1-2H3,(H,15,16);1H. The number of carbonyl (C=O) groups is 1. The summed E-state index contributed by atoms with van der Waals surface area (Å²) in [6.07, 6.45) is 0. The summed E-state index contributed by atoms with van der Waals surface area (Å²) in [6, 6.07) is 4.51. The summed E-state index contributed by atoms with van der Waals surface area (Å²) >= 11 is 0. The molecule has 1 amide bonds. The van der Waals surface area contributed by atoms with Crippen molar-refractivity contribution >= 4 is 18.3 Å². The maximum Gasteiger partial charge on any atom is 0.254 e. The van der Waals surface area contributed by atoms with Gasteiger partial charge in [0.05, 0.1) is 5.56 Å². The molecule has 3 nitrogen and oxygen atoms in total. The van der Waals surface area contributed by atoms with E-state index in [0.29, 0.717) is 13.1 Å². The van der Waals surface area contributed by atoms with Gasteiger partial charge >= 0.3 is 0 Å². The van der Waals surface area contributed by atoms with Gasteiger partial charge in [-0.25, -0.2) is 4.39 Å². The van der Waals surface area contributed by atoms with Crippen LogP contribution in [0.2, 0.25) is 0 Å². The zero-order valence-corrected chi connectivity index (χ0v) is 10.9. The topological polar surface area (TPSA) is 41.1 Å². The highest BCUT2D eigenvalue weighted by molar-refractivity contribution is 5.94.